The van der Waals surface area contributed by atoms with Crippen molar-refractivity contribution in [1.82, 2.24) is 0 Å². The van der Waals surface area contributed by atoms with Gasteiger partial charge in [-0.2, -0.15) is 0 Å². The third-order valence-electron chi connectivity index (χ3n) is 2.45. The zero-order valence-electron chi connectivity index (χ0n) is 18.8. The Hall–Kier alpha value is 0.279. The van der Waals surface area contributed by atoms with Crippen molar-refractivity contribution in [2.45, 2.75) is 75.1 Å². The van der Waals surface area contributed by atoms with Crippen LogP contribution in [0.4, 0.5) is 0 Å². The number of rotatable bonds is 4. The van der Waals surface area contributed by atoms with Crippen LogP contribution in [0, 0.1) is 0 Å². The van der Waals surface area contributed by atoms with Crippen molar-refractivity contribution >= 4 is 64.4 Å². The molecule has 0 aromatic carbocycles. The number of aliphatic hydroxyl groups is 4. The smallest absolute Gasteiger partial charge is 0.746 e. The van der Waals surface area contributed by atoms with Crippen LogP contribution < -0.4 is 0 Å². The summed E-state index contributed by atoms with van der Waals surface area (Å²) >= 11 is 0. The maximum Gasteiger partial charge on any atom is 4.00 e. The average Bonchev–Trinajstić information content (AvgIpc) is 2.30. The van der Waals surface area contributed by atoms with Gasteiger partial charge in [0, 0.05) is 0 Å². The maximum atomic E-state index is 9.85. The Bertz CT molecular complexity index is 815. The van der Waals surface area contributed by atoms with Gasteiger partial charge in [-0.1, -0.05) is 0 Å². The van der Waals surface area contributed by atoms with E-state index in [1.54, 1.807) is 0 Å². The minimum absolute atomic E-state index is 0. The van der Waals surface area contributed by atoms with E-state index in [2.05, 4.69) is 0 Å². The van der Waals surface area contributed by atoms with Crippen LogP contribution in [0.2, 0.25) is 0 Å². The molecule has 33 heavy (non-hydrogen) atoms. The van der Waals surface area contributed by atoms with Crippen LogP contribution >= 0.6 is 0 Å². The van der Waals surface area contributed by atoms with E-state index in [4.69, 9.17) is 20.4 Å². The van der Waals surface area contributed by atoms with Gasteiger partial charge >= 0.3 is 23.9 Å². The first-order valence-corrected chi connectivity index (χ1v) is 13.3. The van der Waals surface area contributed by atoms with Crippen LogP contribution in [0.1, 0.15) is 55.4 Å². The second-order valence-corrected chi connectivity index (χ2v) is 15.2. The molecule has 0 saturated heterocycles. The third-order valence-corrected chi connectivity index (χ3v) is 7.34. The van der Waals surface area contributed by atoms with E-state index >= 15 is 0 Å². The van der Waals surface area contributed by atoms with Crippen molar-refractivity contribution in [3.8, 4) is 0 Å². The largest absolute Gasteiger partial charge is 4.00 e. The van der Waals surface area contributed by atoms with Crippen LogP contribution in [-0.4, -0.2) is 116 Å². The summed E-state index contributed by atoms with van der Waals surface area (Å²) in [6.45, 7) is 7.41. The molecule has 0 fully saturated rings. The monoisotopic (exact) mass is 676 g/mol. The maximum absolute atomic E-state index is 9.85. The van der Waals surface area contributed by atoms with Crippen LogP contribution in [0.15, 0.2) is 0 Å². The van der Waals surface area contributed by atoms with Gasteiger partial charge in [0.05, 0.1) is 0 Å². The average molecular weight is 675 g/mol. The fourth-order valence-electron chi connectivity index (χ4n) is 0. The minimum Gasteiger partial charge on any atom is -0.746 e. The summed E-state index contributed by atoms with van der Waals surface area (Å²) < 4.78 is 118. The molecule has 0 aromatic heterocycles. The predicted octanol–water partition coefficient (Wildman–Crippen LogP) is -3.34. The Kier molecular flexibility index (Phi) is 17.8. The van der Waals surface area contributed by atoms with Crippen molar-refractivity contribution in [3.05, 3.63) is 0 Å². The standard InChI is InChI=1S/4C3H8O4S.Sn/c4*1-3(2,4)8(5,6)7;/h4*4H,1-2H3,(H,5,6,7);/q;;;;+4/p-4. The Balaban J connectivity index is -0.000000105. The summed E-state index contributed by atoms with van der Waals surface area (Å²) in [4.78, 5) is -8.58. The predicted molar refractivity (Wildman–Crippen MR) is 110 cm³/mol. The van der Waals surface area contributed by atoms with Crippen LogP contribution in [-0.2, 0) is 40.5 Å². The van der Waals surface area contributed by atoms with Crippen molar-refractivity contribution in [3.63, 3.8) is 0 Å². The first-order valence-electron chi connectivity index (χ1n) is 7.71. The molecule has 0 amide bonds. The second kappa shape index (κ2) is 13.5. The van der Waals surface area contributed by atoms with Crippen molar-refractivity contribution < 1.29 is 72.3 Å². The molecule has 0 saturated carbocycles. The Labute approximate surface area is 211 Å². The molecule has 16 nitrogen and oxygen atoms in total. The Morgan fingerprint density at radius 2 is 0.424 bits per heavy atom. The summed E-state index contributed by atoms with van der Waals surface area (Å²) in [5.41, 5.74) is 0. The summed E-state index contributed by atoms with van der Waals surface area (Å²) in [6.07, 6.45) is 0. The molecule has 0 rings (SSSR count). The molecule has 0 bridgehead atoms. The van der Waals surface area contributed by atoms with Gasteiger partial charge in [0.25, 0.3) is 0 Å². The van der Waals surface area contributed by atoms with E-state index in [1.165, 1.54) is 0 Å². The van der Waals surface area contributed by atoms with E-state index in [9.17, 15) is 51.9 Å². The van der Waals surface area contributed by atoms with Crippen molar-refractivity contribution in [1.29, 1.82) is 0 Å². The molecule has 0 aliphatic carbocycles. The van der Waals surface area contributed by atoms with Crippen molar-refractivity contribution in [2.75, 3.05) is 0 Å². The third kappa shape index (κ3) is 22.5. The van der Waals surface area contributed by atoms with Gasteiger partial charge in [-0.15, -0.1) is 0 Å². The summed E-state index contributed by atoms with van der Waals surface area (Å²) in [5, 5.41) is 33.8. The summed E-state index contributed by atoms with van der Waals surface area (Å²) in [5.74, 6) is 0. The molecule has 0 aromatic rings. The Morgan fingerprint density at radius 1 is 0.394 bits per heavy atom. The first kappa shape index (κ1) is 43.4. The summed E-state index contributed by atoms with van der Waals surface area (Å²) in [7, 11) is -18.1. The quantitative estimate of drug-likeness (QED) is 0.167. The van der Waals surface area contributed by atoms with E-state index in [0.717, 1.165) is 55.4 Å². The molecular weight excluding hydrogens is 647 g/mol. The number of hydrogen-bond donors (Lipinski definition) is 4. The van der Waals surface area contributed by atoms with Crippen LogP contribution in [0.25, 0.3) is 0 Å². The fraction of sp³-hybridized carbons (Fsp3) is 1.00. The van der Waals surface area contributed by atoms with Crippen LogP contribution in [0.5, 0.6) is 0 Å². The van der Waals surface area contributed by atoms with E-state index < -0.39 is 60.2 Å². The fourth-order valence-corrected chi connectivity index (χ4v) is 0. The van der Waals surface area contributed by atoms with Crippen molar-refractivity contribution in [2.24, 2.45) is 0 Å². The van der Waals surface area contributed by atoms with Gasteiger partial charge in [-0.05, 0) is 55.4 Å². The molecule has 0 aliphatic rings. The molecular formula is C12H28O16S4Sn. The molecule has 0 unspecified atom stereocenters. The SMILES string of the molecule is CC(C)(O)S(=O)(=O)[O-].CC(C)(O)S(=O)(=O)[O-].CC(C)(O)S(=O)(=O)[O-].CC(C)(O)S(=O)(=O)[O-].[Sn+4]. The van der Waals surface area contributed by atoms with Gasteiger partial charge in [0.15, 0.2) is 0 Å². The van der Waals surface area contributed by atoms with Gasteiger partial charge < -0.3 is 38.6 Å². The molecule has 0 spiro atoms. The van der Waals surface area contributed by atoms with E-state index in [-0.39, 0.29) is 23.9 Å². The first-order chi connectivity index (χ1) is 13.0. The van der Waals surface area contributed by atoms with Gasteiger partial charge in [-0.3, -0.25) is 0 Å². The molecule has 0 heterocycles. The van der Waals surface area contributed by atoms with Crippen LogP contribution in [0.3, 0.4) is 0 Å². The van der Waals surface area contributed by atoms with Gasteiger partial charge in [0.2, 0.25) is 0 Å². The molecule has 0 atom stereocenters. The van der Waals surface area contributed by atoms with Gasteiger partial charge in [0.1, 0.15) is 60.2 Å². The summed E-state index contributed by atoms with van der Waals surface area (Å²) in [6, 6.07) is 0. The zero-order chi connectivity index (χ0) is 28.0. The zero-order valence-corrected chi connectivity index (χ0v) is 24.9. The molecule has 0 radical (unpaired) electrons. The topological polar surface area (TPSA) is 310 Å². The molecule has 4 N–H and O–H groups in total. The minimum atomic E-state index is -4.53. The molecule has 0 aliphatic heterocycles. The Morgan fingerprint density at radius 3 is 0.424 bits per heavy atom. The van der Waals surface area contributed by atoms with Gasteiger partial charge in [-0.25, -0.2) is 33.7 Å². The normalized spacial score (nSPS) is 13.6. The van der Waals surface area contributed by atoms with E-state index in [1.807, 2.05) is 0 Å². The second-order valence-electron chi connectivity index (χ2n) is 7.60. The number of hydrogen-bond acceptors (Lipinski definition) is 16. The van der Waals surface area contributed by atoms with E-state index in [0.29, 0.717) is 0 Å². The molecule has 200 valence electrons. The molecule has 21 heteroatoms.